The minimum atomic E-state index is -3.55. The van der Waals surface area contributed by atoms with Crippen LogP contribution in [0.15, 0.2) is 47.5 Å². The molecule has 1 amide bonds. The number of aryl methyl sites for hydroxylation is 1. The van der Waals surface area contributed by atoms with Crippen LogP contribution in [0.4, 0.5) is 0 Å². The molecule has 1 aromatic carbocycles. The van der Waals surface area contributed by atoms with Crippen LogP contribution in [0.2, 0.25) is 0 Å². The second-order valence-corrected chi connectivity index (χ2v) is 7.60. The minimum Gasteiger partial charge on any atom is -0.347 e. The zero-order valence-corrected chi connectivity index (χ0v) is 13.8. The number of aromatic nitrogens is 1. The average molecular weight is 333 g/mol. The second kappa shape index (κ2) is 5.82. The van der Waals surface area contributed by atoms with Crippen molar-refractivity contribution in [2.75, 3.05) is 7.05 Å². The Morgan fingerprint density at radius 2 is 1.96 bits per heavy atom. The highest BCUT2D eigenvalue weighted by atomic mass is 32.2. The largest absolute Gasteiger partial charge is 0.347 e. The molecule has 2 N–H and O–H groups in total. The van der Waals surface area contributed by atoms with Gasteiger partial charge in [0.2, 0.25) is 10.0 Å². The summed E-state index contributed by atoms with van der Waals surface area (Å²) in [6, 6.07) is 11.5. The van der Waals surface area contributed by atoms with Gasteiger partial charge in [-0.05, 0) is 25.1 Å². The zero-order chi connectivity index (χ0) is 16.6. The molecule has 2 atom stereocenters. The fraction of sp³-hybridized carbons (Fsp3) is 0.312. The van der Waals surface area contributed by atoms with E-state index in [1.54, 1.807) is 7.05 Å². The Morgan fingerprint density at radius 3 is 2.61 bits per heavy atom. The smallest absolute Gasteiger partial charge is 0.268 e. The Morgan fingerprint density at radius 1 is 1.26 bits per heavy atom. The van der Waals surface area contributed by atoms with Gasteiger partial charge in [-0.25, -0.2) is 13.1 Å². The molecule has 7 heteroatoms. The van der Waals surface area contributed by atoms with Gasteiger partial charge in [0, 0.05) is 25.2 Å². The third-order valence-corrected chi connectivity index (χ3v) is 5.51. The predicted octanol–water partition coefficient (Wildman–Crippen LogP) is 1.22. The van der Waals surface area contributed by atoms with Crippen LogP contribution in [0.3, 0.4) is 0 Å². The van der Waals surface area contributed by atoms with Crippen LogP contribution >= 0.6 is 0 Å². The van der Waals surface area contributed by atoms with Crippen LogP contribution in [-0.2, 0) is 17.1 Å². The molecular weight excluding hydrogens is 314 g/mol. The lowest BCUT2D eigenvalue weighted by molar-refractivity contribution is 0.0942. The lowest BCUT2D eigenvalue weighted by Gasteiger charge is -2.05. The summed E-state index contributed by atoms with van der Waals surface area (Å²) in [5.41, 5.74) is 1.54. The van der Waals surface area contributed by atoms with Gasteiger partial charge in [0.05, 0.1) is 0 Å². The van der Waals surface area contributed by atoms with Crippen molar-refractivity contribution in [3.63, 3.8) is 0 Å². The summed E-state index contributed by atoms with van der Waals surface area (Å²) in [6.07, 6.45) is 2.34. The van der Waals surface area contributed by atoms with Crippen LogP contribution in [0.25, 0.3) is 0 Å². The van der Waals surface area contributed by atoms with E-state index in [-0.39, 0.29) is 16.8 Å². The van der Waals surface area contributed by atoms with Crippen molar-refractivity contribution in [3.8, 4) is 0 Å². The van der Waals surface area contributed by atoms with E-state index in [9.17, 15) is 13.2 Å². The first kappa shape index (κ1) is 15.8. The molecule has 0 bridgehead atoms. The van der Waals surface area contributed by atoms with Crippen molar-refractivity contribution in [3.05, 3.63) is 53.9 Å². The van der Waals surface area contributed by atoms with E-state index in [0.717, 1.165) is 6.42 Å². The van der Waals surface area contributed by atoms with Crippen molar-refractivity contribution < 1.29 is 13.2 Å². The summed E-state index contributed by atoms with van der Waals surface area (Å²) in [4.78, 5) is 12.5. The molecule has 0 aliphatic heterocycles. The first-order chi connectivity index (χ1) is 10.9. The highest BCUT2D eigenvalue weighted by Gasteiger charge is 2.39. The standard InChI is InChI=1S/C16H19N3O3S/c1-17-23(21,22)12-8-15(19(2)10-12)16(20)18-14-9-13(14)11-6-4-3-5-7-11/h3-8,10,13-14,17H,9H2,1-2H3,(H,18,20). The van der Waals surface area contributed by atoms with Crippen LogP contribution in [0.1, 0.15) is 28.4 Å². The van der Waals surface area contributed by atoms with Crippen molar-refractivity contribution in [1.82, 2.24) is 14.6 Å². The van der Waals surface area contributed by atoms with Crippen molar-refractivity contribution in [2.45, 2.75) is 23.3 Å². The van der Waals surface area contributed by atoms with Crippen LogP contribution in [-0.4, -0.2) is 32.0 Å². The molecule has 1 aromatic heterocycles. The molecule has 0 radical (unpaired) electrons. The number of sulfonamides is 1. The first-order valence-electron chi connectivity index (χ1n) is 7.38. The van der Waals surface area contributed by atoms with Crippen LogP contribution in [0, 0.1) is 0 Å². The first-order valence-corrected chi connectivity index (χ1v) is 8.86. The maximum absolute atomic E-state index is 12.4. The molecule has 6 nitrogen and oxygen atoms in total. The van der Waals surface area contributed by atoms with Gasteiger partial charge >= 0.3 is 0 Å². The molecule has 23 heavy (non-hydrogen) atoms. The minimum absolute atomic E-state index is 0.0862. The summed E-state index contributed by atoms with van der Waals surface area (Å²) in [7, 11) is -0.549. The Hall–Kier alpha value is -2.12. The highest BCUT2D eigenvalue weighted by molar-refractivity contribution is 7.89. The number of nitrogens with one attached hydrogen (secondary N) is 2. The van der Waals surface area contributed by atoms with Crippen LogP contribution in [0.5, 0.6) is 0 Å². The predicted molar refractivity (Wildman–Crippen MR) is 86.7 cm³/mol. The second-order valence-electron chi connectivity index (χ2n) is 5.71. The van der Waals surface area contributed by atoms with E-state index in [0.29, 0.717) is 11.6 Å². The molecule has 1 heterocycles. The average Bonchev–Trinajstić information content (AvgIpc) is 3.19. The number of carbonyl (C=O) groups excluding carboxylic acids is 1. The fourth-order valence-corrected chi connectivity index (χ4v) is 3.49. The molecule has 1 saturated carbocycles. The van der Waals surface area contributed by atoms with E-state index in [2.05, 4.69) is 22.2 Å². The van der Waals surface area contributed by atoms with E-state index >= 15 is 0 Å². The monoisotopic (exact) mass is 333 g/mol. The molecule has 1 aliphatic carbocycles. The highest BCUT2D eigenvalue weighted by Crippen LogP contribution is 2.40. The van der Waals surface area contributed by atoms with Gasteiger partial charge in [-0.3, -0.25) is 4.79 Å². The number of hydrogen-bond acceptors (Lipinski definition) is 3. The Labute approximate surface area is 135 Å². The molecule has 1 aliphatic rings. The van der Waals surface area contributed by atoms with E-state index in [1.165, 1.54) is 29.4 Å². The van der Waals surface area contributed by atoms with Gasteiger partial charge in [0.15, 0.2) is 0 Å². The van der Waals surface area contributed by atoms with Gasteiger partial charge in [-0.15, -0.1) is 0 Å². The Balaban J connectivity index is 1.71. The third-order valence-electron chi connectivity index (χ3n) is 4.13. The van der Waals surface area contributed by atoms with Crippen molar-refractivity contribution >= 4 is 15.9 Å². The van der Waals surface area contributed by atoms with E-state index < -0.39 is 10.0 Å². The van der Waals surface area contributed by atoms with Gasteiger partial charge in [0.25, 0.3) is 5.91 Å². The summed E-state index contributed by atoms with van der Waals surface area (Å²) in [5, 5.41) is 2.97. The number of benzene rings is 1. The van der Waals surface area contributed by atoms with Gasteiger partial charge in [-0.1, -0.05) is 30.3 Å². The summed E-state index contributed by atoms with van der Waals surface area (Å²) in [5.74, 6) is 0.0782. The van der Waals surface area contributed by atoms with E-state index in [1.807, 2.05) is 18.2 Å². The number of nitrogens with zero attached hydrogens (tertiary/aromatic N) is 1. The summed E-state index contributed by atoms with van der Waals surface area (Å²) >= 11 is 0. The fourth-order valence-electron chi connectivity index (χ4n) is 2.69. The molecule has 2 aromatic rings. The van der Waals surface area contributed by atoms with Crippen molar-refractivity contribution in [1.29, 1.82) is 0 Å². The Kier molecular flexibility index (Phi) is 3.99. The lowest BCUT2D eigenvalue weighted by atomic mass is 10.1. The maximum Gasteiger partial charge on any atom is 0.268 e. The lowest BCUT2D eigenvalue weighted by Crippen LogP contribution is -2.28. The SMILES string of the molecule is CNS(=O)(=O)c1cc(C(=O)NC2CC2c2ccccc2)n(C)c1. The molecule has 0 spiro atoms. The topological polar surface area (TPSA) is 80.2 Å². The van der Waals surface area contributed by atoms with Gasteiger partial charge in [0.1, 0.15) is 10.6 Å². The normalized spacial score (nSPS) is 20.3. The number of amides is 1. The summed E-state index contributed by atoms with van der Waals surface area (Å²) in [6.45, 7) is 0. The zero-order valence-electron chi connectivity index (χ0n) is 13.0. The Bertz CT molecular complexity index is 828. The third kappa shape index (κ3) is 3.16. The molecule has 1 fully saturated rings. The molecule has 0 saturated heterocycles. The molecule has 3 rings (SSSR count). The van der Waals surface area contributed by atoms with Crippen LogP contribution < -0.4 is 10.0 Å². The number of rotatable bonds is 5. The number of carbonyl (C=O) groups is 1. The maximum atomic E-state index is 12.4. The van der Waals surface area contributed by atoms with Gasteiger partial charge in [-0.2, -0.15) is 0 Å². The molecular formula is C16H19N3O3S. The van der Waals surface area contributed by atoms with Crippen molar-refractivity contribution in [2.24, 2.45) is 7.05 Å². The molecule has 122 valence electrons. The van der Waals surface area contributed by atoms with E-state index in [4.69, 9.17) is 0 Å². The summed E-state index contributed by atoms with van der Waals surface area (Å²) < 4.78 is 27.4. The van der Waals surface area contributed by atoms with Gasteiger partial charge < -0.3 is 9.88 Å². The quantitative estimate of drug-likeness (QED) is 0.863. The number of hydrogen-bond donors (Lipinski definition) is 2. The molecule has 2 unspecified atom stereocenters.